The number of hydrogen-bond acceptors (Lipinski definition) is 4. The molecule has 2 N–H and O–H groups in total. The fraction of sp³-hybridized carbons (Fsp3) is 0.789. The molecule has 0 radical (unpaired) electrons. The predicted molar refractivity (Wildman–Crippen MR) is 105 cm³/mol. The van der Waals surface area contributed by atoms with E-state index in [4.69, 9.17) is 0 Å². The summed E-state index contributed by atoms with van der Waals surface area (Å²) < 4.78 is 1.95. The van der Waals surface area contributed by atoms with E-state index < -0.39 is 0 Å². The van der Waals surface area contributed by atoms with Crippen LogP contribution in [0.2, 0.25) is 0 Å². The molecule has 0 aromatic carbocycles. The standard InChI is InChI=1S/C19H33N7O/c1-4-20-19(21-12-17-24-23-14(2)25(17)3)22-16-10-11-26(13-16)18(27)15-8-6-5-7-9-15/h15-16H,4-13H2,1-3H3,(H2,20,21,22). The van der Waals surface area contributed by atoms with Crippen molar-refractivity contribution in [3.8, 4) is 0 Å². The summed E-state index contributed by atoms with van der Waals surface area (Å²) in [6, 6.07) is 0.247. The summed E-state index contributed by atoms with van der Waals surface area (Å²) in [7, 11) is 1.95. The smallest absolute Gasteiger partial charge is 0.225 e. The lowest BCUT2D eigenvalue weighted by molar-refractivity contribution is -0.135. The van der Waals surface area contributed by atoms with E-state index in [2.05, 4.69) is 32.7 Å². The first-order valence-electron chi connectivity index (χ1n) is 10.3. The van der Waals surface area contributed by atoms with Crippen LogP contribution in [0, 0.1) is 12.8 Å². The fourth-order valence-corrected chi connectivity index (χ4v) is 3.94. The Hall–Kier alpha value is -2.12. The lowest BCUT2D eigenvalue weighted by atomic mass is 9.88. The molecule has 8 heteroatoms. The Bertz CT molecular complexity index is 663. The molecule has 1 saturated carbocycles. The molecule has 1 unspecified atom stereocenters. The number of nitrogens with one attached hydrogen (secondary N) is 2. The highest BCUT2D eigenvalue weighted by atomic mass is 16.2. The van der Waals surface area contributed by atoms with Crippen molar-refractivity contribution in [3.05, 3.63) is 11.6 Å². The fourth-order valence-electron chi connectivity index (χ4n) is 3.94. The van der Waals surface area contributed by atoms with Crippen molar-refractivity contribution < 1.29 is 4.79 Å². The molecule has 2 fully saturated rings. The topological polar surface area (TPSA) is 87.4 Å². The van der Waals surface area contributed by atoms with E-state index in [1.54, 1.807) is 0 Å². The summed E-state index contributed by atoms with van der Waals surface area (Å²) in [5.41, 5.74) is 0. The summed E-state index contributed by atoms with van der Waals surface area (Å²) in [5, 5.41) is 15.0. The molecule has 1 aromatic rings. The van der Waals surface area contributed by atoms with Gasteiger partial charge in [0.15, 0.2) is 11.8 Å². The molecule has 2 aliphatic rings. The van der Waals surface area contributed by atoms with Crippen molar-refractivity contribution in [2.75, 3.05) is 19.6 Å². The molecular formula is C19H33N7O. The van der Waals surface area contributed by atoms with Crippen LogP contribution in [0.15, 0.2) is 4.99 Å². The Labute approximate surface area is 161 Å². The van der Waals surface area contributed by atoms with Crippen molar-refractivity contribution in [2.45, 2.75) is 65.0 Å². The maximum absolute atomic E-state index is 12.7. The molecule has 8 nitrogen and oxygen atoms in total. The van der Waals surface area contributed by atoms with Crippen molar-refractivity contribution in [1.82, 2.24) is 30.3 Å². The molecule has 1 amide bonds. The second-order valence-corrected chi connectivity index (χ2v) is 7.67. The van der Waals surface area contributed by atoms with Gasteiger partial charge in [-0.2, -0.15) is 0 Å². The van der Waals surface area contributed by atoms with Crippen molar-refractivity contribution in [2.24, 2.45) is 18.0 Å². The normalized spacial score (nSPS) is 21.5. The number of likely N-dealkylation sites (tertiary alicyclic amines) is 1. The predicted octanol–water partition coefficient (Wildman–Crippen LogP) is 1.36. The van der Waals surface area contributed by atoms with Gasteiger partial charge in [-0.1, -0.05) is 19.3 Å². The minimum atomic E-state index is 0.247. The minimum absolute atomic E-state index is 0.247. The van der Waals surface area contributed by atoms with Crippen molar-refractivity contribution in [3.63, 3.8) is 0 Å². The van der Waals surface area contributed by atoms with Crippen LogP contribution in [0.25, 0.3) is 0 Å². The molecular weight excluding hydrogens is 342 g/mol. The number of carbonyl (C=O) groups is 1. The zero-order chi connectivity index (χ0) is 19.2. The first-order valence-corrected chi connectivity index (χ1v) is 10.3. The average molecular weight is 376 g/mol. The van der Waals surface area contributed by atoms with Gasteiger partial charge in [-0.15, -0.1) is 10.2 Å². The van der Waals surface area contributed by atoms with Gasteiger partial charge < -0.3 is 20.1 Å². The van der Waals surface area contributed by atoms with E-state index >= 15 is 0 Å². The summed E-state index contributed by atoms with van der Waals surface area (Å²) in [5.74, 6) is 3.10. The van der Waals surface area contributed by atoms with Crippen LogP contribution in [0.3, 0.4) is 0 Å². The summed E-state index contributed by atoms with van der Waals surface area (Å²) >= 11 is 0. The highest BCUT2D eigenvalue weighted by Gasteiger charge is 2.31. The van der Waals surface area contributed by atoms with Crippen molar-refractivity contribution in [1.29, 1.82) is 0 Å². The maximum atomic E-state index is 12.7. The molecule has 0 bridgehead atoms. The largest absolute Gasteiger partial charge is 0.357 e. The number of aromatic nitrogens is 3. The summed E-state index contributed by atoms with van der Waals surface area (Å²) in [4.78, 5) is 19.4. The van der Waals surface area contributed by atoms with Crippen LogP contribution in [0.1, 0.15) is 57.1 Å². The molecule has 3 rings (SSSR count). The first-order chi connectivity index (χ1) is 13.1. The molecule has 0 spiro atoms. The highest BCUT2D eigenvalue weighted by molar-refractivity contribution is 5.81. The highest BCUT2D eigenvalue weighted by Crippen LogP contribution is 2.26. The number of carbonyl (C=O) groups excluding carboxylic acids is 1. The molecule has 27 heavy (non-hydrogen) atoms. The van der Waals surface area contributed by atoms with Crippen LogP contribution in [-0.4, -0.2) is 57.2 Å². The number of rotatable bonds is 5. The van der Waals surface area contributed by atoms with Gasteiger partial charge >= 0.3 is 0 Å². The molecule has 1 aliphatic carbocycles. The van der Waals surface area contributed by atoms with Crippen LogP contribution < -0.4 is 10.6 Å². The SMILES string of the molecule is CCNC(=NCc1nnc(C)n1C)NC1CCN(C(=O)C2CCCCC2)C1. The Balaban J connectivity index is 1.54. The Morgan fingerprint density at radius 3 is 2.67 bits per heavy atom. The number of nitrogens with zero attached hydrogens (tertiary/aromatic N) is 5. The van der Waals surface area contributed by atoms with Crippen molar-refractivity contribution >= 4 is 11.9 Å². The number of hydrogen-bond donors (Lipinski definition) is 2. The van der Waals surface area contributed by atoms with Gasteiger partial charge in [-0.25, -0.2) is 4.99 Å². The number of guanidine groups is 1. The van der Waals surface area contributed by atoms with Crippen LogP contribution >= 0.6 is 0 Å². The summed E-state index contributed by atoms with van der Waals surface area (Å²) in [6.45, 7) is 6.86. The first kappa shape index (κ1) is 19.6. The molecule has 2 heterocycles. The van der Waals surface area contributed by atoms with E-state index in [9.17, 15) is 4.79 Å². The van der Waals surface area contributed by atoms with Gasteiger partial charge in [-0.3, -0.25) is 4.79 Å². The Morgan fingerprint density at radius 2 is 2.00 bits per heavy atom. The molecule has 1 aromatic heterocycles. The van der Waals surface area contributed by atoms with E-state index in [1.807, 2.05) is 23.4 Å². The summed E-state index contributed by atoms with van der Waals surface area (Å²) in [6.07, 6.45) is 6.77. The maximum Gasteiger partial charge on any atom is 0.225 e. The van der Waals surface area contributed by atoms with Crippen LogP contribution in [0.5, 0.6) is 0 Å². The minimum Gasteiger partial charge on any atom is -0.357 e. The molecule has 1 saturated heterocycles. The number of amides is 1. The van der Waals surface area contributed by atoms with E-state index in [-0.39, 0.29) is 12.0 Å². The third-order valence-electron chi connectivity index (χ3n) is 5.70. The Kier molecular flexibility index (Phi) is 6.68. The third-order valence-corrected chi connectivity index (χ3v) is 5.70. The third kappa shape index (κ3) is 4.99. The number of aryl methyl sites for hydroxylation is 1. The lowest BCUT2D eigenvalue weighted by Crippen LogP contribution is -2.45. The average Bonchev–Trinajstić information content (AvgIpc) is 3.28. The van der Waals surface area contributed by atoms with E-state index in [0.29, 0.717) is 12.5 Å². The van der Waals surface area contributed by atoms with Gasteiger partial charge in [0.05, 0.1) is 0 Å². The second kappa shape index (κ2) is 9.19. The lowest BCUT2D eigenvalue weighted by Gasteiger charge is -2.26. The van der Waals surface area contributed by atoms with Gasteiger partial charge in [0.1, 0.15) is 12.4 Å². The van der Waals surface area contributed by atoms with Gasteiger partial charge in [0, 0.05) is 38.6 Å². The number of aliphatic imine (C=N–C) groups is 1. The van der Waals surface area contributed by atoms with E-state index in [1.165, 1.54) is 19.3 Å². The zero-order valence-corrected chi connectivity index (χ0v) is 16.9. The molecule has 1 aliphatic heterocycles. The van der Waals surface area contributed by atoms with E-state index in [0.717, 1.165) is 56.5 Å². The van der Waals surface area contributed by atoms with Gasteiger partial charge in [0.2, 0.25) is 5.91 Å². The molecule has 150 valence electrons. The van der Waals surface area contributed by atoms with Crippen LogP contribution in [-0.2, 0) is 18.4 Å². The Morgan fingerprint density at radius 1 is 1.22 bits per heavy atom. The molecule has 1 atom stereocenters. The zero-order valence-electron chi connectivity index (χ0n) is 16.9. The quantitative estimate of drug-likeness (QED) is 0.599. The van der Waals surface area contributed by atoms with Gasteiger partial charge in [-0.05, 0) is 33.1 Å². The monoisotopic (exact) mass is 375 g/mol. The second-order valence-electron chi connectivity index (χ2n) is 7.67. The van der Waals surface area contributed by atoms with Crippen LogP contribution in [0.4, 0.5) is 0 Å². The van der Waals surface area contributed by atoms with Gasteiger partial charge in [0.25, 0.3) is 0 Å².